The van der Waals surface area contributed by atoms with Crippen LogP contribution in [0.25, 0.3) is 0 Å². The average molecular weight is 223 g/mol. The molecule has 0 amide bonds. The molecule has 1 aromatic rings. The first-order chi connectivity index (χ1) is 7.31. The lowest BCUT2D eigenvalue weighted by atomic mass is 10.3. The second kappa shape index (κ2) is 3.76. The number of rotatable bonds is 5. The topological polar surface area (TPSA) is 42.1 Å². The third kappa shape index (κ3) is 2.49. The first-order valence-corrected chi connectivity index (χ1v) is 6.63. The van der Waals surface area contributed by atoms with Crippen molar-refractivity contribution in [1.29, 1.82) is 0 Å². The smallest absolute Gasteiger partial charge is 0.180 e. The Morgan fingerprint density at radius 1 is 1.40 bits per heavy atom. The standard InChI is InChI=1S/C11H17N3S/c12-11-13-9(7-15-11)6-14(10-3-4-10)5-8-1-2-8/h7-8,10H,1-6H2,(H2,12,13). The summed E-state index contributed by atoms with van der Waals surface area (Å²) in [5, 5.41) is 2.80. The molecular formula is C11H17N3S. The zero-order valence-electron chi connectivity index (χ0n) is 8.85. The molecule has 82 valence electrons. The van der Waals surface area contributed by atoms with Crippen LogP contribution in [0, 0.1) is 5.92 Å². The van der Waals surface area contributed by atoms with Gasteiger partial charge in [-0.05, 0) is 31.6 Å². The summed E-state index contributed by atoms with van der Waals surface area (Å²) in [5.41, 5.74) is 6.81. The van der Waals surface area contributed by atoms with Crippen molar-refractivity contribution in [3.05, 3.63) is 11.1 Å². The normalized spacial score (nSPS) is 21.1. The second-order valence-electron chi connectivity index (χ2n) is 4.78. The largest absolute Gasteiger partial charge is 0.375 e. The fourth-order valence-corrected chi connectivity index (χ4v) is 2.57. The quantitative estimate of drug-likeness (QED) is 0.831. The van der Waals surface area contributed by atoms with Crippen LogP contribution in [0.2, 0.25) is 0 Å². The van der Waals surface area contributed by atoms with Crippen LogP contribution in [0.4, 0.5) is 5.13 Å². The molecule has 2 aliphatic carbocycles. The Hall–Kier alpha value is -0.610. The number of aromatic nitrogens is 1. The molecule has 3 rings (SSSR count). The predicted molar refractivity (Wildman–Crippen MR) is 62.7 cm³/mol. The summed E-state index contributed by atoms with van der Waals surface area (Å²) in [6.45, 7) is 2.29. The lowest BCUT2D eigenvalue weighted by Crippen LogP contribution is -2.27. The van der Waals surface area contributed by atoms with Gasteiger partial charge in [-0.25, -0.2) is 4.98 Å². The van der Waals surface area contributed by atoms with E-state index in [1.807, 2.05) is 0 Å². The molecule has 1 heterocycles. The molecule has 3 nitrogen and oxygen atoms in total. The van der Waals surface area contributed by atoms with Crippen LogP contribution >= 0.6 is 11.3 Å². The van der Waals surface area contributed by atoms with Crippen molar-refractivity contribution in [2.75, 3.05) is 12.3 Å². The summed E-state index contributed by atoms with van der Waals surface area (Å²) in [7, 11) is 0. The maximum atomic E-state index is 5.65. The number of hydrogen-bond donors (Lipinski definition) is 1. The predicted octanol–water partition coefficient (Wildman–Crippen LogP) is 2.10. The van der Waals surface area contributed by atoms with Crippen LogP contribution in [0.5, 0.6) is 0 Å². The summed E-state index contributed by atoms with van der Waals surface area (Å²) in [6, 6.07) is 0.841. The summed E-state index contributed by atoms with van der Waals surface area (Å²) in [6.07, 6.45) is 5.63. The summed E-state index contributed by atoms with van der Waals surface area (Å²) in [4.78, 5) is 6.95. The fraction of sp³-hybridized carbons (Fsp3) is 0.727. The number of nitrogen functional groups attached to an aromatic ring is 1. The van der Waals surface area contributed by atoms with Crippen LogP contribution in [0.15, 0.2) is 5.38 Å². The molecule has 0 atom stereocenters. The summed E-state index contributed by atoms with van der Waals surface area (Å²) < 4.78 is 0. The van der Waals surface area contributed by atoms with Crippen molar-refractivity contribution < 1.29 is 0 Å². The maximum absolute atomic E-state index is 5.65. The highest BCUT2D eigenvalue weighted by molar-refractivity contribution is 7.13. The van der Waals surface area contributed by atoms with Crippen LogP contribution in [-0.4, -0.2) is 22.5 Å². The molecule has 2 N–H and O–H groups in total. The van der Waals surface area contributed by atoms with E-state index in [1.165, 1.54) is 32.2 Å². The van der Waals surface area contributed by atoms with Crippen molar-refractivity contribution in [3.8, 4) is 0 Å². The van der Waals surface area contributed by atoms with Gasteiger partial charge in [-0.2, -0.15) is 0 Å². The summed E-state index contributed by atoms with van der Waals surface area (Å²) in [5.74, 6) is 0.974. The lowest BCUT2D eigenvalue weighted by Gasteiger charge is -2.20. The Kier molecular flexibility index (Phi) is 2.41. The van der Waals surface area contributed by atoms with E-state index in [0.29, 0.717) is 5.13 Å². The zero-order valence-corrected chi connectivity index (χ0v) is 9.67. The van der Waals surface area contributed by atoms with E-state index >= 15 is 0 Å². The van der Waals surface area contributed by atoms with Gasteiger partial charge in [0.1, 0.15) is 0 Å². The van der Waals surface area contributed by atoms with Crippen molar-refractivity contribution >= 4 is 16.5 Å². The molecule has 0 aliphatic heterocycles. The molecule has 2 aliphatic rings. The molecular weight excluding hydrogens is 206 g/mol. The second-order valence-corrected chi connectivity index (χ2v) is 5.67. The Labute approximate surface area is 94.3 Å². The number of hydrogen-bond acceptors (Lipinski definition) is 4. The number of anilines is 1. The van der Waals surface area contributed by atoms with E-state index in [0.717, 1.165) is 24.2 Å². The van der Waals surface area contributed by atoms with Crippen LogP contribution < -0.4 is 5.73 Å². The van der Waals surface area contributed by atoms with Gasteiger partial charge in [0.05, 0.1) is 5.69 Å². The van der Waals surface area contributed by atoms with E-state index in [-0.39, 0.29) is 0 Å². The molecule has 0 unspecified atom stereocenters. The highest BCUT2D eigenvalue weighted by Crippen LogP contribution is 2.35. The zero-order chi connectivity index (χ0) is 10.3. The Morgan fingerprint density at radius 3 is 2.73 bits per heavy atom. The van der Waals surface area contributed by atoms with Crippen molar-refractivity contribution in [3.63, 3.8) is 0 Å². The molecule has 4 heteroatoms. The molecule has 0 spiro atoms. The van der Waals surface area contributed by atoms with E-state index in [4.69, 9.17) is 5.73 Å². The van der Waals surface area contributed by atoms with Crippen molar-refractivity contribution in [2.45, 2.75) is 38.3 Å². The molecule has 0 aromatic carbocycles. The van der Waals surface area contributed by atoms with E-state index in [1.54, 1.807) is 11.3 Å². The van der Waals surface area contributed by atoms with E-state index in [9.17, 15) is 0 Å². The minimum atomic E-state index is 0.701. The molecule has 0 radical (unpaired) electrons. The van der Waals surface area contributed by atoms with Crippen molar-refractivity contribution in [1.82, 2.24) is 9.88 Å². The number of nitrogens with zero attached hydrogens (tertiary/aromatic N) is 2. The van der Waals surface area contributed by atoms with Gasteiger partial charge in [0, 0.05) is 24.5 Å². The minimum absolute atomic E-state index is 0.701. The van der Waals surface area contributed by atoms with Crippen LogP contribution in [-0.2, 0) is 6.54 Å². The summed E-state index contributed by atoms with van der Waals surface area (Å²) >= 11 is 1.55. The molecule has 0 saturated heterocycles. The number of nitrogens with two attached hydrogens (primary N) is 1. The van der Waals surface area contributed by atoms with Gasteiger partial charge in [0.25, 0.3) is 0 Å². The van der Waals surface area contributed by atoms with Crippen molar-refractivity contribution in [2.24, 2.45) is 5.92 Å². The third-order valence-corrected chi connectivity index (χ3v) is 3.91. The molecule has 2 saturated carbocycles. The Balaban J connectivity index is 1.61. The highest BCUT2D eigenvalue weighted by Gasteiger charge is 2.33. The average Bonchev–Trinajstić information content (AvgIpc) is 3.08. The SMILES string of the molecule is Nc1nc(CN(CC2CC2)C2CC2)cs1. The first kappa shape index (κ1) is 9.60. The van der Waals surface area contributed by atoms with Gasteiger partial charge in [-0.3, -0.25) is 4.90 Å². The van der Waals surface area contributed by atoms with Gasteiger partial charge < -0.3 is 5.73 Å². The maximum Gasteiger partial charge on any atom is 0.180 e. The molecule has 0 bridgehead atoms. The van der Waals surface area contributed by atoms with Crippen LogP contribution in [0.3, 0.4) is 0 Å². The first-order valence-electron chi connectivity index (χ1n) is 5.75. The van der Waals surface area contributed by atoms with Gasteiger partial charge in [0.15, 0.2) is 5.13 Å². The monoisotopic (exact) mass is 223 g/mol. The Bertz CT molecular complexity index is 341. The minimum Gasteiger partial charge on any atom is -0.375 e. The van der Waals surface area contributed by atoms with E-state index in [2.05, 4.69) is 15.3 Å². The third-order valence-electron chi connectivity index (χ3n) is 3.19. The lowest BCUT2D eigenvalue weighted by molar-refractivity contribution is 0.242. The van der Waals surface area contributed by atoms with Crippen LogP contribution in [0.1, 0.15) is 31.4 Å². The molecule has 15 heavy (non-hydrogen) atoms. The Morgan fingerprint density at radius 2 is 2.20 bits per heavy atom. The fourth-order valence-electron chi connectivity index (χ4n) is 2.02. The van der Waals surface area contributed by atoms with Gasteiger partial charge in [-0.1, -0.05) is 0 Å². The molecule has 2 fully saturated rings. The van der Waals surface area contributed by atoms with Gasteiger partial charge in [0.2, 0.25) is 0 Å². The van der Waals surface area contributed by atoms with Gasteiger partial charge in [-0.15, -0.1) is 11.3 Å². The number of thiazole rings is 1. The molecule has 1 aromatic heterocycles. The highest BCUT2D eigenvalue weighted by atomic mass is 32.1. The van der Waals surface area contributed by atoms with E-state index < -0.39 is 0 Å². The van der Waals surface area contributed by atoms with Gasteiger partial charge >= 0.3 is 0 Å².